The van der Waals surface area contributed by atoms with Gasteiger partial charge < -0.3 is 14.6 Å². The molecule has 0 bridgehead atoms. The van der Waals surface area contributed by atoms with Gasteiger partial charge in [0.15, 0.2) is 0 Å². The molecule has 0 heterocycles. The van der Waals surface area contributed by atoms with Crippen LogP contribution in [0.15, 0.2) is 23.8 Å². The second-order valence-electron chi connectivity index (χ2n) is 3.22. The summed E-state index contributed by atoms with van der Waals surface area (Å²) in [6.45, 7) is 5.95. The SMILES string of the molecule is C=C(C)C(=O)OCCOC(=O)/C(C)=C\C(=O)O. The lowest BCUT2D eigenvalue weighted by molar-refractivity contribution is -0.147. The van der Waals surface area contributed by atoms with Crippen LogP contribution in [0, 0.1) is 0 Å². The van der Waals surface area contributed by atoms with E-state index in [1.54, 1.807) is 0 Å². The minimum absolute atomic E-state index is 0.0382. The minimum atomic E-state index is -1.23. The summed E-state index contributed by atoms with van der Waals surface area (Å²) in [5, 5.41) is 8.38. The van der Waals surface area contributed by atoms with E-state index in [0.717, 1.165) is 6.08 Å². The first-order chi connectivity index (χ1) is 7.84. The number of carboxylic acid groups (broad SMARTS) is 1. The standard InChI is InChI=1S/C11H14O6/c1-7(2)10(14)16-4-5-17-11(15)8(3)6-9(12)13/h6H,1,4-5H2,2-3H3,(H,12,13)/b8-6-. The Kier molecular flexibility index (Phi) is 6.32. The topological polar surface area (TPSA) is 89.9 Å². The summed E-state index contributed by atoms with van der Waals surface area (Å²) in [6, 6.07) is 0. The predicted molar refractivity (Wildman–Crippen MR) is 58.1 cm³/mol. The van der Waals surface area contributed by atoms with Gasteiger partial charge in [0.25, 0.3) is 0 Å². The van der Waals surface area contributed by atoms with E-state index in [0.29, 0.717) is 0 Å². The first-order valence-electron chi connectivity index (χ1n) is 4.75. The molecule has 0 aliphatic rings. The van der Waals surface area contributed by atoms with Gasteiger partial charge >= 0.3 is 17.9 Å². The highest BCUT2D eigenvalue weighted by atomic mass is 16.6. The van der Waals surface area contributed by atoms with Crippen molar-refractivity contribution in [3.05, 3.63) is 23.8 Å². The van der Waals surface area contributed by atoms with Gasteiger partial charge in [-0.3, -0.25) is 0 Å². The quantitative estimate of drug-likeness (QED) is 0.418. The van der Waals surface area contributed by atoms with Crippen LogP contribution in [0.2, 0.25) is 0 Å². The first kappa shape index (κ1) is 14.9. The van der Waals surface area contributed by atoms with Crippen LogP contribution in [0.1, 0.15) is 13.8 Å². The number of carbonyl (C=O) groups is 3. The lowest BCUT2D eigenvalue weighted by Crippen LogP contribution is -2.15. The van der Waals surface area contributed by atoms with Crippen molar-refractivity contribution in [2.24, 2.45) is 0 Å². The van der Waals surface area contributed by atoms with Crippen LogP contribution in [0.5, 0.6) is 0 Å². The van der Waals surface area contributed by atoms with Crippen molar-refractivity contribution in [3.8, 4) is 0 Å². The van der Waals surface area contributed by atoms with Gasteiger partial charge in [-0.15, -0.1) is 0 Å². The second-order valence-corrected chi connectivity index (χ2v) is 3.22. The van der Waals surface area contributed by atoms with Crippen LogP contribution < -0.4 is 0 Å². The predicted octanol–water partition coefficient (Wildman–Crippen LogP) is 0.680. The molecule has 6 nitrogen and oxygen atoms in total. The molecular formula is C11H14O6. The molecule has 1 N–H and O–H groups in total. The van der Waals surface area contributed by atoms with Gasteiger partial charge in [0.05, 0.1) is 0 Å². The van der Waals surface area contributed by atoms with Gasteiger partial charge in [-0.1, -0.05) is 6.58 Å². The molecule has 0 rings (SSSR count). The number of hydrogen-bond acceptors (Lipinski definition) is 5. The van der Waals surface area contributed by atoms with Gasteiger partial charge in [0.2, 0.25) is 0 Å². The maximum atomic E-state index is 11.1. The Balaban J connectivity index is 3.91. The molecule has 0 fully saturated rings. The molecule has 0 spiro atoms. The fraction of sp³-hybridized carbons (Fsp3) is 0.364. The van der Waals surface area contributed by atoms with Crippen molar-refractivity contribution in [2.45, 2.75) is 13.8 Å². The Labute approximate surface area is 98.5 Å². The molecule has 0 aromatic rings. The first-order valence-corrected chi connectivity index (χ1v) is 4.75. The van der Waals surface area contributed by atoms with E-state index in [1.165, 1.54) is 13.8 Å². The van der Waals surface area contributed by atoms with Crippen LogP contribution in [0.3, 0.4) is 0 Å². The Morgan fingerprint density at radius 1 is 1.12 bits per heavy atom. The molecule has 0 aromatic heterocycles. The van der Waals surface area contributed by atoms with Crippen molar-refractivity contribution in [3.63, 3.8) is 0 Å². The molecule has 0 atom stereocenters. The summed E-state index contributed by atoms with van der Waals surface area (Å²) in [6.07, 6.45) is 0.738. The lowest BCUT2D eigenvalue weighted by Gasteiger charge is -2.05. The Hall–Kier alpha value is -2.11. The van der Waals surface area contributed by atoms with E-state index in [9.17, 15) is 14.4 Å². The van der Waals surface area contributed by atoms with Crippen molar-refractivity contribution < 1.29 is 29.0 Å². The molecule has 0 aromatic carbocycles. The van der Waals surface area contributed by atoms with Crippen molar-refractivity contribution in [2.75, 3.05) is 13.2 Å². The Morgan fingerprint density at radius 3 is 2.00 bits per heavy atom. The average molecular weight is 242 g/mol. The van der Waals surface area contributed by atoms with Crippen molar-refractivity contribution in [1.29, 1.82) is 0 Å². The van der Waals surface area contributed by atoms with Gasteiger partial charge in [-0.2, -0.15) is 0 Å². The molecular weight excluding hydrogens is 228 g/mol. The maximum Gasteiger partial charge on any atom is 0.334 e. The summed E-state index contributed by atoms with van der Waals surface area (Å²) in [5.41, 5.74) is 0.210. The van der Waals surface area contributed by atoms with E-state index in [-0.39, 0.29) is 24.4 Å². The summed E-state index contributed by atoms with van der Waals surface area (Å²) in [5.74, 6) is -2.56. The van der Waals surface area contributed by atoms with Crippen LogP contribution in [-0.2, 0) is 23.9 Å². The zero-order valence-electron chi connectivity index (χ0n) is 9.69. The van der Waals surface area contributed by atoms with E-state index < -0.39 is 17.9 Å². The van der Waals surface area contributed by atoms with E-state index in [4.69, 9.17) is 5.11 Å². The molecule has 0 unspecified atom stereocenters. The summed E-state index contributed by atoms with van der Waals surface area (Å²) < 4.78 is 9.32. The third kappa shape index (κ3) is 6.88. The monoisotopic (exact) mass is 242 g/mol. The van der Waals surface area contributed by atoms with Crippen molar-refractivity contribution in [1.82, 2.24) is 0 Å². The lowest BCUT2D eigenvalue weighted by atomic mass is 10.3. The van der Waals surface area contributed by atoms with Crippen LogP contribution in [-0.4, -0.2) is 36.2 Å². The fourth-order valence-corrected chi connectivity index (χ4v) is 0.750. The number of carboxylic acids is 1. The summed E-state index contributed by atoms with van der Waals surface area (Å²) in [4.78, 5) is 32.3. The summed E-state index contributed by atoms with van der Waals surface area (Å²) >= 11 is 0. The molecule has 0 aliphatic heterocycles. The normalized spacial score (nSPS) is 10.6. The van der Waals surface area contributed by atoms with Gasteiger partial charge in [0, 0.05) is 17.2 Å². The van der Waals surface area contributed by atoms with Gasteiger partial charge in [0.1, 0.15) is 13.2 Å². The zero-order valence-corrected chi connectivity index (χ0v) is 9.69. The number of aliphatic carboxylic acids is 1. The van der Waals surface area contributed by atoms with Crippen LogP contribution in [0.25, 0.3) is 0 Å². The number of rotatable bonds is 6. The van der Waals surface area contributed by atoms with Gasteiger partial charge in [-0.05, 0) is 13.8 Å². The highest BCUT2D eigenvalue weighted by molar-refractivity contribution is 5.95. The number of carbonyl (C=O) groups excluding carboxylic acids is 2. The van der Waals surface area contributed by atoms with Crippen LogP contribution >= 0.6 is 0 Å². The summed E-state index contributed by atoms with van der Waals surface area (Å²) in [7, 11) is 0. The molecule has 6 heteroatoms. The van der Waals surface area contributed by atoms with Crippen molar-refractivity contribution >= 4 is 17.9 Å². The number of ether oxygens (including phenoxy) is 2. The van der Waals surface area contributed by atoms with Gasteiger partial charge in [-0.25, -0.2) is 14.4 Å². The van der Waals surface area contributed by atoms with E-state index >= 15 is 0 Å². The highest BCUT2D eigenvalue weighted by Crippen LogP contribution is 1.97. The number of hydrogen-bond donors (Lipinski definition) is 1. The number of esters is 2. The Morgan fingerprint density at radius 2 is 1.59 bits per heavy atom. The largest absolute Gasteiger partial charge is 0.478 e. The third-order valence-electron chi connectivity index (χ3n) is 1.56. The smallest absolute Gasteiger partial charge is 0.334 e. The fourth-order valence-electron chi connectivity index (χ4n) is 0.750. The zero-order chi connectivity index (χ0) is 13.4. The molecule has 0 saturated heterocycles. The molecule has 0 amide bonds. The highest BCUT2D eigenvalue weighted by Gasteiger charge is 2.08. The van der Waals surface area contributed by atoms with Crippen LogP contribution in [0.4, 0.5) is 0 Å². The molecule has 17 heavy (non-hydrogen) atoms. The molecule has 94 valence electrons. The van der Waals surface area contributed by atoms with E-state index in [2.05, 4.69) is 16.1 Å². The molecule has 0 aliphatic carbocycles. The maximum absolute atomic E-state index is 11.1. The minimum Gasteiger partial charge on any atom is -0.478 e. The second kappa shape index (κ2) is 7.21. The molecule has 0 saturated carbocycles. The van der Waals surface area contributed by atoms with E-state index in [1.807, 2.05) is 0 Å². The molecule has 0 radical (unpaired) electrons. The Bertz CT molecular complexity index is 366. The average Bonchev–Trinajstić information content (AvgIpc) is 2.22. The third-order valence-corrected chi connectivity index (χ3v) is 1.56.